The van der Waals surface area contributed by atoms with E-state index in [2.05, 4.69) is 31.2 Å². The van der Waals surface area contributed by atoms with Crippen molar-refractivity contribution in [2.75, 3.05) is 0 Å². The zero-order valence-corrected chi connectivity index (χ0v) is 9.39. The summed E-state index contributed by atoms with van der Waals surface area (Å²) in [6, 6.07) is 9.03. The lowest BCUT2D eigenvalue weighted by molar-refractivity contribution is 0.633. The third-order valence-electron chi connectivity index (χ3n) is 2.90. The zero-order chi connectivity index (χ0) is 9.26. The molecule has 1 aliphatic carbocycles. The predicted octanol–water partition coefficient (Wildman–Crippen LogP) is 3.08. The highest BCUT2D eigenvalue weighted by Crippen LogP contribution is 2.39. The summed E-state index contributed by atoms with van der Waals surface area (Å²) in [6.07, 6.45) is 3.74. The summed E-state index contributed by atoms with van der Waals surface area (Å²) in [6.45, 7) is 2.18. The first-order valence-electron chi connectivity index (χ1n) is 5.15. The lowest BCUT2D eigenvalue weighted by Crippen LogP contribution is -2.12. The van der Waals surface area contributed by atoms with Gasteiger partial charge in [0, 0.05) is 6.04 Å². The molecule has 2 N–H and O–H groups in total. The van der Waals surface area contributed by atoms with Crippen LogP contribution in [0.5, 0.6) is 0 Å². The van der Waals surface area contributed by atoms with E-state index in [9.17, 15) is 0 Å². The smallest absolute Gasteiger partial charge is 0.0323 e. The van der Waals surface area contributed by atoms with Crippen LogP contribution in [-0.4, -0.2) is 0 Å². The van der Waals surface area contributed by atoms with Crippen molar-refractivity contribution in [1.29, 1.82) is 0 Å². The Balaban J connectivity index is 0.000000980. The molecule has 1 nitrogen and oxygen atoms in total. The maximum atomic E-state index is 6.09. The van der Waals surface area contributed by atoms with E-state index < -0.39 is 0 Å². The maximum absolute atomic E-state index is 6.09. The molecule has 0 bridgehead atoms. The van der Waals surface area contributed by atoms with E-state index in [1.54, 1.807) is 0 Å². The molecule has 0 saturated heterocycles. The number of aryl methyl sites for hydroxylation is 1. The lowest BCUT2D eigenvalue weighted by atomic mass is 10.0. The molecule has 0 spiro atoms. The Morgan fingerprint density at radius 1 is 1.29 bits per heavy atom. The van der Waals surface area contributed by atoms with Crippen LogP contribution >= 0.6 is 12.4 Å². The number of rotatable bonds is 3. The molecule has 2 heteroatoms. The Bertz CT molecular complexity index is 277. The quantitative estimate of drug-likeness (QED) is 0.817. The second-order valence-corrected chi connectivity index (χ2v) is 3.96. The van der Waals surface area contributed by atoms with Crippen LogP contribution in [0.15, 0.2) is 24.3 Å². The third-order valence-corrected chi connectivity index (χ3v) is 2.90. The molecule has 0 heterocycles. The summed E-state index contributed by atoms with van der Waals surface area (Å²) in [5, 5.41) is 0. The topological polar surface area (TPSA) is 26.0 Å². The van der Waals surface area contributed by atoms with Crippen LogP contribution in [0.25, 0.3) is 0 Å². The highest BCUT2D eigenvalue weighted by atomic mass is 35.5. The average Bonchev–Trinajstić information content (AvgIpc) is 3.00. The van der Waals surface area contributed by atoms with Crippen molar-refractivity contribution in [3.8, 4) is 0 Å². The van der Waals surface area contributed by atoms with E-state index in [0.717, 1.165) is 12.3 Å². The molecule has 1 atom stereocenters. The Kier molecular flexibility index (Phi) is 3.97. The van der Waals surface area contributed by atoms with Gasteiger partial charge in [-0.15, -0.1) is 12.4 Å². The Labute approximate surface area is 92.1 Å². The zero-order valence-electron chi connectivity index (χ0n) is 8.57. The SMILES string of the molecule is CCc1ccc([C@H](N)C2CC2)cc1.Cl. The second-order valence-electron chi connectivity index (χ2n) is 3.96. The molecule has 0 amide bonds. The van der Waals surface area contributed by atoms with Crippen molar-refractivity contribution < 1.29 is 0 Å². The molecule has 1 aliphatic rings. The van der Waals surface area contributed by atoms with Crippen molar-refractivity contribution in [2.24, 2.45) is 11.7 Å². The summed E-state index contributed by atoms with van der Waals surface area (Å²) in [7, 11) is 0. The minimum absolute atomic E-state index is 0. The molecule has 0 radical (unpaired) electrons. The second kappa shape index (κ2) is 4.81. The lowest BCUT2D eigenvalue weighted by Gasteiger charge is -2.10. The first kappa shape index (κ1) is 11.5. The van der Waals surface area contributed by atoms with Crippen LogP contribution in [0.2, 0.25) is 0 Å². The standard InChI is InChI=1S/C12H17N.ClH/c1-2-9-3-5-10(6-4-9)12(13)11-7-8-11;/h3-6,11-12H,2,7-8,13H2,1H3;1H/t12-;/m0./s1. The Morgan fingerprint density at radius 2 is 1.86 bits per heavy atom. The van der Waals surface area contributed by atoms with Gasteiger partial charge >= 0.3 is 0 Å². The molecule has 78 valence electrons. The van der Waals surface area contributed by atoms with Gasteiger partial charge in [-0.1, -0.05) is 31.2 Å². The summed E-state index contributed by atoms with van der Waals surface area (Å²) < 4.78 is 0. The van der Waals surface area contributed by atoms with Crippen LogP contribution < -0.4 is 5.73 Å². The van der Waals surface area contributed by atoms with Crippen molar-refractivity contribution in [3.63, 3.8) is 0 Å². The van der Waals surface area contributed by atoms with Gasteiger partial charge < -0.3 is 5.73 Å². The monoisotopic (exact) mass is 211 g/mol. The van der Waals surface area contributed by atoms with Gasteiger partial charge in [0.05, 0.1) is 0 Å². The average molecular weight is 212 g/mol. The molecule has 2 rings (SSSR count). The van der Waals surface area contributed by atoms with Crippen LogP contribution in [0, 0.1) is 5.92 Å². The molecule has 0 aliphatic heterocycles. The van der Waals surface area contributed by atoms with Crippen molar-refractivity contribution in [1.82, 2.24) is 0 Å². The molecule has 0 aromatic heterocycles. The molecule has 14 heavy (non-hydrogen) atoms. The summed E-state index contributed by atoms with van der Waals surface area (Å²) in [5.74, 6) is 0.757. The van der Waals surface area contributed by atoms with Gasteiger partial charge in [-0.25, -0.2) is 0 Å². The van der Waals surface area contributed by atoms with E-state index in [-0.39, 0.29) is 18.4 Å². The Hall–Kier alpha value is -0.530. The molecule has 1 aromatic carbocycles. The molecule has 1 fully saturated rings. The fraction of sp³-hybridized carbons (Fsp3) is 0.500. The minimum Gasteiger partial charge on any atom is -0.324 e. The highest BCUT2D eigenvalue weighted by molar-refractivity contribution is 5.85. The van der Waals surface area contributed by atoms with Gasteiger partial charge in [0.15, 0.2) is 0 Å². The first-order chi connectivity index (χ1) is 6.31. The van der Waals surface area contributed by atoms with Crippen LogP contribution in [0.1, 0.15) is 36.9 Å². The largest absolute Gasteiger partial charge is 0.324 e. The number of nitrogens with two attached hydrogens (primary N) is 1. The first-order valence-corrected chi connectivity index (χ1v) is 5.15. The van der Waals surface area contributed by atoms with Gasteiger partial charge in [0.1, 0.15) is 0 Å². The molecule has 0 unspecified atom stereocenters. The van der Waals surface area contributed by atoms with E-state index >= 15 is 0 Å². The summed E-state index contributed by atoms with van der Waals surface area (Å²) in [4.78, 5) is 0. The maximum Gasteiger partial charge on any atom is 0.0323 e. The van der Waals surface area contributed by atoms with Crippen molar-refractivity contribution in [3.05, 3.63) is 35.4 Å². The van der Waals surface area contributed by atoms with E-state index in [1.165, 1.54) is 24.0 Å². The fourth-order valence-corrected chi connectivity index (χ4v) is 1.70. The number of hydrogen-bond acceptors (Lipinski definition) is 1. The fourth-order valence-electron chi connectivity index (χ4n) is 1.70. The van der Waals surface area contributed by atoms with Gasteiger partial charge in [-0.3, -0.25) is 0 Å². The molecular weight excluding hydrogens is 194 g/mol. The normalized spacial score (nSPS) is 17.3. The van der Waals surface area contributed by atoms with Crippen LogP contribution in [0.4, 0.5) is 0 Å². The van der Waals surface area contributed by atoms with E-state index in [0.29, 0.717) is 0 Å². The van der Waals surface area contributed by atoms with Crippen LogP contribution in [-0.2, 0) is 6.42 Å². The number of halogens is 1. The van der Waals surface area contributed by atoms with Gasteiger partial charge in [0.25, 0.3) is 0 Å². The van der Waals surface area contributed by atoms with Crippen molar-refractivity contribution >= 4 is 12.4 Å². The van der Waals surface area contributed by atoms with E-state index in [4.69, 9.17) is 5.73 Å². The Morgan fingerprint density at radius 3 is 2.29 bits per heavy atom. The van der Waals surface area contributed by atoms with Crippen molar-refractivity contribution in [2.45, 2.75) is 32.2 Å². The third kappa shape index (κ3) is 2.49. The minimum atomic E-state index is 0. The molecule has 1 aromatic rings. The number of hydrogen-bond donors (Lipinski definition) is 1. The van der Waals surface area contributed by atoms with Gasteiger partial charge in [-0.2, -0.15) is 0 Å². The number of benzene rings is 1. The molecule has 1 saturated carbocycles. The highest BCUT2D eigenvalue weighted by Gasteiger charge is 2.29. The summed E-state index contributed by atoms with van der Waals surface area (Å²) >= 11 is 0. The van der Waals surface area contributed by atoms with Crippen LogP contribution in [0.3, 0.4) is 0 Å². The van der Waals surface area contributed by atoms with Gasteiger partial charge in [0.2, 0.25) is 0 Å². The van der Waals surface area contributed by atoms with Gasteiger partial charge in [-0.05, 0) is 36.3 Å². The summed E-state index contributed by atoms with van der Waals surface area (Å²) in [5.41, 5.74) is 8.79. The van der Waals surface area contributed by atoms with E-state index in [1.807, 2.05) is 0 Å². The predicted molar refractivity (Wildman–Crippen MR) is 62.7 cm³/mol. The molecular formula is C12H18ClN.